The van der Waals surface area contributed by atoms with E-state index < -0.39 is 5.60 Å². The maximum atomic E-state index is 12.3. The minimum atomic E-state index is -0.459. The Balaban J connectivity index is 1.41. The van der Waals surface area contributed by atoms with Crippen molar-refractivity contribution in [3.8, 4) is 5.75 Å². The maximum Gasteiger partial charge on any atom is 0.410 e. The minimum absolute atomic E-state index is 0.200. The third kappa shape index (κ3) is 3.84. The molecule has 7 nitrogen and oxygen atoms in total. The molecular formula is C21H28N4O3. The number of fused-ring (bicyclic) bond motifs is 1. The van der Waals surface area contributed by atoms with Crippen LogP contribution in [0.1, 0.15) is 40.0 Å². The van der Waals surface area contributed by atoms with Gasteiger partial charge in [0.05, 0.1) is 17.2 Å². The largest absolute Gasteiger partial charge is 0.508 e. The van der Waals surface area contributed by atoms with Crippen LogP contribution in [0.3, 0.4) is 0 Å². The van der Waals surface area contributed by atoms with Gasteiger partial charge in [-0.3, -0.25) is 4.98 Å². The number of nitrogens with zero attached hydrogens (tertiary/aromatic N) is 4. The molecule has 1 amide bonds. The van der Waals surface area contributed by atoms with Crippen molar-refractivity contribution in [2.75, 3.05) is 31.1 Å². The number of hydrogen-bond acceptors (Lipinski definition) is 6. The van der Waals surface area contributed by atoms with Gasteiger partial charge < -0.3 is 19.6 Å². The monoisotopic (exact) mass is 384 g/mol. The van der Waals surface area contributed by atoms with Crippen LogP contribution in [0.15, 0.2) is 24.4 Å². The van der Waals surface area contributed by atoms with Crippen LogP contribution in [-0.4, -0.2) is 57.8 Å². The fourth-order valence-corrected chi connectivity index (χ4v) is 4.17. The lowest BCUT2D eigenvalue weighted by molar-refractivity contribution is 0.0122. The summed E-state index contributed by atoms with van der Waals surface area (Å²) in [5, 5.41) is 9.70. The van der Waals surface area contributed by atoms with Crippen molar-refractivity contribution in [2.24, 2.45) is 5.41 Å². The highest BCUT2D eigenvalue weighted by Crippen LogP contribution is 2.41. The van der Waals surface area contributed by atoms with Gasteiger partial charge >= 0.3 is 6.09 Å². The molecule has 1 aromatic heterocycles. The van der Waals surface area contributed by atoms with Crippen LogP contribution in [0, 0.1) is 5.41 Å². The average molecular weight is 384 g/mol. The summed E-state index contributed by atoms with van der Waals surface area (Å²) >= 11 is 0. The lowest BCUT2D eigenvalue weighted by atomic mass is 9.78. The number of piperidine rings is 1. The number of anilines is 1. The van der Waals surface area contributed by atoms with Crippen LogP contribution in [0.5, 0.6) is 5.75 Å². The number of likely N-dealkylation sites (tertiary alicyclic amines) is 1. The highest BCUT2D eigenvalue weighted by atomic mass is 16.6. The van der Waals surface area contributed by atoms with E-state index in [0.29, 0.717) is 5.52 Å². The number of phenolic OH excluding ortho intramolecular Hbond substituents is 1. The summed E-state index contributed by atoms with van der Waals surface area (Å²) in [6.07, 6.45) is 4.65. The number of ether oxygens (including phenoxy) is 1. The molecule has 0 radical (unpaired) electrons. The van der Waals surface area contributed by atoms with Gasteiger partial charge in [0, 0.05) is 32.2 Å². The molecule has 2 aliphatic rings. The molecule has 2 saturated heterocycles. The molecule has 0 saturated carbocycles. The Morgan fingerprint density at radius 2 is 1.86 bits per heavy atom. The molecule has 3 heterocycles. The lowest BCUT2D eigenvalue weighted by Gasteiger charge is -2.39. The number of hydrogen-bond donors (Lipinski definition) is 1. The summed E-state index contributed by atoms with van der Waals surface area (Å²) in [7, 11) is 0. The zero-order valence-corrected chi connectivity index (χ0v) is 16.8. The van der Waals surface area contributed by atoms with E-state index in [9.17, 15) is 9.90 Å². The zero-order chi connectivity index (χ0) is 19.9. The van der Waals surface area contributed by atoms with E-state index >= 15 is 0 Å². The van der Waals surface area contributed by atoms with Gasteiger partial charge in [-0.2, -0.15) is 0 Å². The Kier molecular flexibility index (Phi) is 4.56. The lowest BCUT2D eigenvalue weighted by Crippen LogP contribution is -2.46. The van der Waals surface area contributed by atoms with Crippen molar-refractivity contribution in [2.45, 2.75) is 45.6 Å². The SMILES string of the molecule is CC(C)(C)OC(=O)N1CCC2(CC1)CCN(c1cnc3ccc(O)cc3n1)C2. The number of amides is 1. The maximum absolute atomic E-state index is 12.3. The number of benzene rings is 1. The van der Waals surface area contributed by atoms with Gasteiger partial charge in [0.1, 0.15) is 17.2 Å². The summed E-state index contributed by atoms with van der Waals surface area (Å²) in [6, 6.07) is 5.05. The summed E-state index contributed by atoms with van der Waals surface area (Å²) < 4.78 is 5.51. The number of phenols is 1. The molecule has 1 N–H and O–H groups in total. The molecule has 0 atom stereocenters. The smallest absolute Gasteiger partial charge is 0.410 e. The predicted molar refractivity (Wildman–Crippen MR) is 108 cm³/mol. The van der Waals surface area contributed by atoms with Crippen LogP contribution < -0.4 is 4.90 Å². The standard InChI is InChI=1S/C21H28N4O3/c1-20(2,3)28-19(27)24-9-6-21(7-10-24)8-11-25(14-21)18-13-22-16-5-4-15(26)12-17(16)23-18/h4-5,12-13,26H,6-11,14H2,1-3H3. The van der Waals surface area contributed by atoms with Crippen LogP contribution in [0.25, 0.3) is 11.0 Å². The molecule has 1 spiro atoms. The van der Waals surface area contributed by atoms with Crippen molar-refractivity contribution in [1.29, 1.82) is 0 Å². The van der Waals surface area contributed by atoms with Crippen molar-refractivity contribution in [3.05, 3.63) is 24.4 Å². The third-order valence-corrected chi connectivity index (χ3v) is 5.75. The van der Waals surface area contributed by atoms with Crippen LogP contribution in [0.2, 0.25) is 0 Å². The molecule has 150 valence electrons. The van der Waals surface area contributed by atoms with Gasteiger partial charge in [0.2, 0.25) is 0 Å². The van der Waals surface area contributed by atoms with Crippen molar-refractivity contribution in [1.82, 2.24) is 14.9 Å². The predicted octanol–water partition coefficient (Wildman–Crippen LogP) is 3.56. The first-order valence-corrected chi connectivity index (χ1v) is 9.92. The average Bonchev–Trinajstić information content (AvgIpc) is 3.04. The number of carbonyl (C=O) groups excluding carboxylic acids is 1. The number of aromatic hydroxyl groups is 1. The first-order valence-electron chi connectivity index (χ1n) is 9.92. The third-order valence-electron chi connectivity index (χ3n) is 5.75. The molecule has 4 rings (SSSR count). The highest BCUT2D eigenvalue weighted by molar-refractivity contribution is 5.77. The normalized spacial score (nSPS) is 19.4. The van der Waals surface area contributed by atoms with Crippen molar-refractivity contribution in [3.63, 3.8) is 0 Å². The van der Waals surface area contributed by atoms with Gasteiger partial charge in [-0.1, -0.05) is 0 Å². The van der Waals surface area contributed by atoms with Crippen LogP contribution in [0.4, 0.5) is 10.6 Å². The topological polar surface area (TPSA) is 78.8 Å². The summed E-state index contributed by atoms with van der Waals surface area (Å²) in [5.74, 6) is 1.05. The Hall–Kier alpha value is -2.57. The van der Waals surface area contributed by atoms with E-state index in [1.807, 2.05) is 31.9 Å². The first kappa shape index (κ1) is 18.8. The molecule has 2 aromatic rings. The van der Waals surface area contributed by atoms with Crippen molar-refractivity contribution >= 4 is 22.9 Å². The number of aromatic nitrogens is 2. The van der Waals surface area contributed by atoms with Crippen molar-refractivity contribution < 1.29 is 14.6 Å². The summed E-state index contributed by atoms with van der Waals surface area (Å²) in [4.78, 5) is 25.6. The quantitative estimate of drug-likeness (QED) is 0.810. The highest BCUT2D eigenvalue weighted by Gasteiger charge is 2.42. The number of rotatable bonds is 1. The Bertz CT molecular complexity index is 885. The molecule has 2 aliphatic heterocycles. The minimum Gasteiger partial charge on any atom is -0.508 e. The Morgan fingerprint density at radius 3 is 2.57 bits per heavy atom. The van der Waals surface area contributed by atoms with Crippen LogP contribution >= 0.6 is 0 Å². The second kappa shape index (κ2) is 6.79. The Labute approximate surface area is 165 Å². The van der Waals surface area contributed by atoms with E-state index in [4.69, 9.17) is 9.72 Å². The summed E-state index contributed by atoms with van der Waals surface area (Å²) in [6.45, 7) is 9.03. The molecule has 0 bridgehead atoms. The molecule has 7 heteroatoms. The van der Waals surface area contributed by atoms with Gasteiger partial charge in [-0.25, -0.2) is 9.78 Å². The number of carbonyl (C=O) groups is 1. The van der Waals surface area contributed by atoms with E-state index in [1.165, 1.54) is 0 Å². The fraction of sp³-hybridized carbons (Fsp3) is 0.571. The fourth-order valence-electron chi connectivity index (χ4n) is 4.17. The zero-order valence-electron chi connectivity index (χ0n) is 16.8. The van der Waals surface area contributed by atoms with E-state index in [1.54, 1.807) is 18.2 Å². The molecule has 2 fully saturated rings. The van der Waals surface area contributed by atoms with Gasteiger partial charge in [0.25, 0.3) is 0 Å². The molecule has 28 heavy (non-hydrogen) atoms. The molecule has 0 unspecified atom stereocenters. The van der Waals surface area contributed by atoms with E-state index in [0.717, 1.165) is 56.8 Å². The second-order valence-corrected chi connectivity index (χ2v) is 9.04. The molecule has 1 aromatic carbocycles. The van der Waals surface area contributed by atoms with Gasteiger partial charge in [-0.05, 0) is 57.6 Å². The van der Waals surface area contributed by atoms with Gasteiger partial charge in [-0.15, -0.1) is 0 Å². The first-order chi connectivity index (χ1) is 13.2. The summed E-state index contributed by atoms with van der Waals surface area (Å²) in [5.41, 5.74) is 1.24. The van der Waals surface area contributed by atoms with E-state index in [-0.39, 0.29) is 17.3 Å². The van der Waals surface area contributed by atoms with Gasteiger partial charge in [0.15, 0.2) is 0 Å². The van der Waals surface area contributed by atoms with Crippen LogP contribution in [-0.2, 0) is 4.74 Å². The molecule has 0 aliphatic carbocycles. The van der Waals surface area contributed by atoms with E-state index in [2.05, 4.69) is 9.88 Å². The second-order valence-electron chi connectivity index (χ2n) is 9.04. The molecular weight excluding hydrogens is 356 g/mol. The Morgan fingerprint density at radius 1 is 1.14 bits per heavy atom.